The zero-order chi connectivity index (χ0) is 16.4. The minimum atomic E-state index is -4.10. The third-order valence-electron chi connectivity index (χ3n) is 2.29. The summed E-state index contributed by atoms with van der Waals surface area (Å²) in [6, 6.07) is 1.81. The number of anilines is 1. The highest BCUT2D eigenvalue weighted by molar-refractivity contribution is 9.10. The lowest BCUT2D eigenvalue weighted by Crippen LogP contribution is -2.48. The molecule has 0 saturated carbocycles. The molecule has 4 N–H and O–H groups in total. The number of rotatable bonds is 3. The van der Waals surface area contributed by atoms with Crippen LogP contribution in [0.2, 0.25) is 0 Å². The molecule has 1 rings (SSSR count). The molecule has 0 atom stereocenters. The number of urea groups is 1. The zero-order valence-corrected chi connectivity index (χ0v) is 14.6. The van der Waals surface area contributed by atoms with Crippen LogP contribution in [0.25, 0.3) is 0 Å². The topological polar surface area (TPSA) is 111 Å². The lowest BCUT2D eigenvalue weighted by Gasteiger charge is -2.21. The molecule has 21 heavy (non-hydrogen) atoms. The molecule has 0 heterocycles. The number of carbonyl (C=O) groups excluding carboxylic acids is 1. The second-order valence-electron chi connectivity index (χ2n) is 5.33. The van der Waals surface area contributed by atoms with Crippen LogP contribution >= 0.6 is 15.9 Å². The second kappa shape index (κ2) is 6.10. The van der Waals surface area contributed by atoms with Crippen LogP contribution in [0, 0.1) is 0 Å². The first kappa shape index (κ1) is 17.6. The van der Waals surface area contributed by atoms with Gasteiger partial charge in [-0.2, -0.15) is 0 Å². The second-order valence-corrected chi connectivity index (χ2v) is 7.84. The summed E-state index contributed by atoms with van der Waals surface area (Å²) in [6.45, 7) is 5.20. The molecule has 0 aliphatic heterocycles. The molecule has 0 unspecified atom stereocenters. The SMILES string of the molecule is COc1cc(Br)c(N)cc1S(=O)(=O)NC(=O)NC(C)(C)C. The number of benzene rings is 1. The summed E-state index contributed by atoms with van der Waals surface area (Å²) in [6.07, 6.45) is 0. The molecule has 1 aromatic carbocycles. The van der Waals surface area contributed by atoms with Crippen LogP contribution < -0.4 is 20.5 Å². The van der Waals surface area contributed by atoms with Crippen molar-refractivity contribution in [2.45, 2.75) is 31.2 Å². The van der Waals surface area contributed by atoms with E-state index in [1.54, 1.807) is 20.8 Å². The van der Waals surface area contributed by atoms with Crippen molar-refractivity contribution in [3.63, 3.8) is 0 Å². The van der Waals surface area contributed by atoms with Gasteiger partial charge < -0.3 is 15.8 Å². The molecule has 0 fully saturated rings. The third kappa shape index (κ3) is 4.78. The quantitative estimate of drug-likeness (QED) is 0.693. The summed E-state index contributed by atoms with van der Waals surface area (Å²) in [5, 5.41) is 2.50. The lowest BCUT2D eigenvalue weighted by atomic mass is 10.1. The first-order valence-corrected chi connectivity index (χ1v) is 8.22. The molecule has 0 bridgehead atoms. The van der Waals surface area contributed by atoms with Crippen LogP contribution in [0.4, 0.5) is 10.5 Å². The van der Waals surface area contributed by atoms with Gasteiger partial charge in [-0.25, -0.2) is 17.9 Å². The average molecular weight is 380 g/mol. The molecule has 0 saturated heterocycles. The first-order chi connectivity index (χ1) is 9.46. The van der Waals surface area contributed by atoms with E-state index in [0.717, 1.165) is 0 Å². The molecule has 2 amide bonds. The summed E-state index contributed by atoms with van der Waals surface area (Å²) in [5.74, 6) is 0.0760. The van der Waals surface area contributed by atoms with Gasteiger partial charge in [0.05, 0.1) is 7.11 Å². The summed E-state index contributed by atoms with van der Waals surface area (Å²) in [7, 11) is -2.78. The number of ether oxygens (including phenoxy) is 1. The van der Waals surface area contributed by atoms with Crippen LogP contribution in [-0.4, -0.2) is 27.1 Å². The molecule has 0 spiro atoms. The van der Waals surface area contributed by atoms with E-state index in [2.05, 4.69) is 21.2 Å². The Morgan fingerprint density at radius 3 is 2.38 bits per heavy atom. The van der Waals surface area contributed by atoms with Crippen LogP contribution in [0.5, 0.6) is 5.75 Å². The number of hydrogen-bond donors (Lipinski definition) is 3. The van der Waals surface area contributed by atoms with E-state index >= 15 is 0 Å². The number of nitrogens with two attached hydrogens (primary N) is 1. The zero-order valence-electron chi connectivity index (χ0n) is 12.2. The highest BCUT2D eigenvalue weighted by Crippen LogP contribution is 2.32. The monoisotopic (exact) mass is 379 g/mol. The molecule has 118 valence electrons. The van der Waals surface area contributed by atoms with Crippen LogP contribution in [0.15, 0.2) is 21.5 Å². The van der Waals surface area contributed by atoms with Crippen LogP contribution in [0.1, 0.15) is 20.8 Å². The van der Waals surface area contributed by atoms with E-state index in [1.165, 1.54) is 19.2 Å². The average Bonchev–Trinajstić information content (AvgIpc) is 2.28. The number of sulfonamides is 1. The molecule has 0 aromatic heterocycles. The lowest BCUT2D eigenvalue weighted by molar-refractivity contribution is 0.237. The highest BCUT2D eigenvalue weighted by atomic mass is 79.9. The maximum atomic E-state index is 12.2. The fourth-order valence-electron chi connectivity index (χ4n) is 1.46. The predicted octanol–water partition coefficient (Wildman–Crippen LogP) is 1.83. The molecule has 0 radical (unpaired) electrons. The number of carbonyl (C=O) groups is 1. The van der Waals surface area contributed by atoms with E-state index < -0.39 is 21.6 Å². The van der Waals surface area contributed by atoms with Gasteiger partial charge in [0.15, 0.2) is 0 Å². The summed E-state index contributed by atoms with van der Waals surface area (Å²) < 4.78 is 31.9. The molecule has 7 nitrogen and oxygen atoms in total. The van der Waals surface area contributed by atoms with Crippen molar-refractivity contribution in [1.82, 2.24) is 10.0 Å². The summed E-state index contributed by atoms with van der Waals surface area (Å²) >= 11 is 3.18. The minimum absolute atomic E-state index is 0.0760. The van der Waals surface area contributed by atoms with Gasteiger partial charge in [0.2, 0.25) is 0 Å². The van der Waals surface area contributed by atoms with Crippen molar-refractivity contribution in [3.05, 3.63) is 16.6 Å². The molecular formula is C12H18BrN3O4S. The highest BCUT2D eigenvalue weighted by Gasteiger charge is 2.25. The Morgan fingerprint density at radius 1 is 1.33 bits per heavy atom. The Labute approximate surface area is 132 Å². The maximum Gasteiger partial charge on any atom is 0.329 e. The van der Waals surface area contributed by atoms with Crippen molar-refractivity contribution in [2.24, 2.45) is 0 Å². The van der Waals surface area contributed by atoms with Gasteiger partial charge in [-0.05, 0) is 48.8 Å². The number of amides is 2. The molecule has 0 aliphatic rings. The van der Waals surface area contributed by atoms with E-state index in [1.807, 2.05) is 4.72 Å². The number of hydrogen-bond acceptors (Lipinski definition) is 5. The maximum absolute atomic E-state index is 12.2. The van der Waals surface area contributed by atoms with Gasteiger partial charge in [-0.15, -0.1) is 0 Å². The van der Waals surface area contributed by atoms with Crippen LogP contribution in [-0.2, 0) is 10.0 Å². The number of nitrogens with one attached hydrogen (secondary N) is 2. The Balaban J connectivity index is 3.14. The third-order valence-corrected chi connectivity index (χ3v) is 4.33. The van der Waals surface area contributed by atoms with Crippen molar-refractivity contribution < 1.29 is 17.9 Å². The van der Waals surface area contributed by atoms with Gasteiger partial charge in [0, 0.05) is 15.7 Å². The minimum Gasteiger partial charge on any atom is -0.495 e. The van der Waals surface area contributed by atoms with Crippen molar-refractivity contribution >= 4 is 37.7 Å². The van der Waals surface area contributed by atoms with Gasteiger partial charge in [0.25, 0.3) is 10.0 Å². The largest absolute Gasteiger partial charge is 0.495 e. The Morgan fingerprint density at radius 2 is 1.90 bits per heavy atom. The van der Waals surface area contributed by atoms with Crippen LogP contribution in [0.3, 0.4) is 0 Å². The normalized spacial score (nSPS) is 11.9. The Kier molecular flexibility index (Phi) is 5.11. The fraction of sp³-hybridized carbons (Fsp3) is 0.417. The standard InChI is InChI=1S/C12H18BrN3O4S/c1-12(2,3)15-11(17)16-21(18,19)10-6-8(14)7(13)5-9(10)20-4/h5-6H,14H2,1-4H3,(H2,15,16,17). The van der Waals surface area contributed by atoms with Crippen molar-refractivity contribution in [1.29, 1.82) is 0 Å². The van der Waals surface area contributed by atoms with E-state index in [-0.39, 0.29) is 16.3 Å². The van der Waals surface area contributed by atoms with Crippen molar-refractivity contribution in [3.8, 4) is 5.75 Å². The summed E-state index contributed by atoms with van der Waals surface area (Å²) in [4.78, 5) is 11.5. The number of halogens is 1. The summed E-state index contributed by atoms with van der Waals surface area (Å²) in [5.41, 5.74) is 5.33. The smallest absolute Gasteiger partial charge is 0.329 e. The van der Waals surface area contributed by atoms with Gasteiger partial charge in [-0.1, -0.05) is 0 Å². The first-order valence-electron chi connectivity index (χ1n) is 5.94. The van der Waals surface area contributed by atoms with E-state index in [4.69, 9.17) is 10.5 Å². The molecule has 0 aliphatic carbocycles. The Hall–Kier alpha value is -1.48. The van der Waals surface area contributed by atoms with Gasteiger partial charge in [-0.3, -0.25) is 0 Å². The predicted molar refractivity (Wildman–Crippen MR) is 83.7 cm³/mol. The molecule has 9 heteroatoms. The molecule has 1 aromatic rings. The van der Waals surface area contributed by atoms with E-state index in [0.29, 0.717) is 4.47 Å². The van der Waals surface area contributed by atoms with E-state index in [9.17, 15) is 13.2 Å². The molecular weight excluding hydrogens is 362 g/mol. The fourth-order valence-corrected chi connectivity index (χ4v) is 2.88. The van der Waals surface area contributed by atoms with Crippen molar-refractivity contribution in [2.75, 3.05) is 12.8 Å². The number of methoxy groups -OCH3 is 1. The van der Waals surface area contributed by atoms with Gasteiger partial charge >= 0.3 is 6.03 Å². The Bertz CT molecular complexity index is 653. The number of nitrogen functional groups attached to an aromatic ring is 1. The van der Waals surface area contributed by atoms with Gasteiger partial charge in [0.1, 0.15) is 10.6 Å².